The molecule has 0 bridgehead atoms. The highest BCUT2D eigenvalue weighted by atomic mass is 79.9. The summed E-state index contributed by atoms with van der Waals surface area (Å²) < 4.78 is 18.0. The lowest BCUT2D eigenvalue weighted by atomic mass is 10.2. The van der Waals surface area contributed by atoms with E-state index >= 15 is 0 Å². The second-order valence-corrected chi connectivity index (χ2v) is 7.73. The first kappa shape index (κ1) is 13.4. The monoisotopic (exact) mass is 399 g/mol. The van der Waals surface area contributed by atoms with Crippen molar-refractivity contribution in [2.75, 3.05) is 5.33 Å². The van der Waals surface area contributed by atoms with Gasteiger partial charge in [0.05, 0.1) is 9.72 Å². The van der Waals surface area contributed by atoms with Crippen LogP contribution < -0.4 is 4.18 Å². The standard InChI is InChI=1S/C9H7Br2NO3S2/c10-5-8(11)16-12-9(13)6-3-1-2-4-7(6)15-17(12)14/h1-4,8H,5H2. The number of rotatable bonds is 3. The summed E-state index contributed by atoms with van der Waals surface area (Å²) in [5, 5.41) is 0.625. The molecule has 2 unspecified atom stereocenters. The van der Waals surface area contributed by atoms with Crippen LogP contribution in [0.5, 0.6) is 5.75 Å². The van der Waals surface area contributed by atoms with Gasteiger partial charge in [0.2, 0.25) is 0 Å². The van der Waals surface area contributed by atoms with Crippen molar-refractivity contribution >= 4 is 61.0 Å². The molecular formula is C9H7Br2NO3S2. The molecule has 0 aromatic heterocycles. The summed E-state index contributed by atoms with van der Waals surface area (Å²) in [6, 6.07) is 6.76. The summed E-state index contributed by atoms with van der Waals surface area (Å²) in [7, 11) is 0. The number of alkyl halides is 2. The average Bonchev–Trinajstić information content (AvgIpc) is 2.34. The number of fused-ring (bicyclic) bond motifs is 1. The highest BCUT2D eigenvalue weighted by Crippen LogP contribution is 2.34. The minimum atomic E-state index is -1.80. The van der Waals surface area contributed by atoms with E-state index in [1.807, 2.05) is 0 Å². The zero-order valence-corrected chi connectivity index (χ0v) is 13.1. The Labute approximate surface area is 122 Å². The third-order valence-electron chi connectivity index (χ3n) is 1.91. The Morgan fingerprint density at radius 2 is 2.18 bits per heavy atom. The zero-order chi connectivity index (χ0) is 12.4. The maximum atomic E-state index is 12.1. The molecule has 1 amide bonds. The maximum absolute atomic E-state index is 12.1. The maximum Gasteiger partial charge on any atom is 0.332 e. The van der Waals surface area contributed by atoms with Gasteiger partial charge in [-0.15, -0.1) is 0 Å². The molecule has 2 atom stereocenters. The number of carbonyl (C=O) groups is 1. The van der Waals surface area contributed by atoms with E-state index < -0.39 is 11.3 Å². The van der Waals surface area contributed by atoms with Crippen molar-refractivity contribution in [3.8, 4) is 5.75 Å². The van der Waals surface area contributed by atoms with Crippen molar-refractivity contribution in [2.24, 2.45) is 0 Å². The number of carbonyl (C=O) groups excluding carboxylic acids is 1. The predicted molar refractivity (Wildman–Crippen MR) is 75.5 cm³/mol. The molecule has 4 nitrogen and oxygen atoms in total. The lowest BCUT2D eigenvalue weighted by molar-refractivity contribution is 0.0918. The lowest BCUT2D eigenvalue weighted by Gasteiger charge is -2.26. The molecule has 0 saturated heterocycles. The fourth-order valence-corrected chi connectivity index (χ4v) is 4.14. The molecule has 0 saturated carbocycles. The second kappa shape index (κ2) is 5.73. The summed E-state index contributed by atoms with van der Waals surface area (Å²) in [5.41, 5.74) is 0.425. The molecule has 0 fully saturated rings. The topological polar surface area (TPSA) is 46.6 Å². The number of benzene rings is 1. The molecular weight excluding hydrogens is 394 g/mol. The molecule has 2 rings (SSSR count). The predicted octanol–water partition coefficient (Wildman–Crippen LogP) is 2.86. The molecule has 1 aromatic carbocycles. The average molecular weight is 401 g/mol. The van der Waals surface area contributed by atoms with Gasteiger partial charge in [-0.2, -0.15) is 7.92 Å². The van der Waals surface area contributed by atoms with Gasteiger partial charge in [-0.1, -0.05) is 44.0 Å². The zero-order valence-electron chi connectivity index (χ0n) is 8.34. The summed E-state index contributed by atoms with van der Waals surface area (Å²) in [5.74, 6) is 0.0539. The summed E-state index contributed by atoms with van der Waals surface area (Å²) in [6.45, 7) is 0. The largest absolute Gasteiger partial charge is 0.383 e. The molecule has 1 aromatic rings. The van der Waals surface area contributed by atoms with Crippen LogP contribution in [0.15, 0.2) is 24.3 Å². The van der Waals surface area contributed by atoms with E-state index in [2.05, 4.69) is 31.9 Å². The van der Waals surface area contributed by atoms with E-state index in [4.69, 9.17) is 4.18 Å². The van der Waals surface area contributed by atoms with E-state index in [-0.39, 0.29) is 10.1 Å². The quantitative estimate of drug-likeness (QED) is 0.578. The van der Waals surface area contributed by atoms with Crippen LogP contribution in [0.3, 0.4) is 0 Å². The van der Waals surface area contributed by atoms with Gasteiger partial charge >= 0.3 is 11.3 Å². The Bertz CT molecular complexity index is 471. The summed E-state index contributed by atoms with van der Waals surface area (Å²) >= 11 is 5.94. The summed E-state index contributed by atoms with van der Waals surface area (Å²) in [4.78, 5) is 12.1. The molecule has 1 aliphatic rings. The van der Waals surface area contributed by atoms with E-state index in [1.54, 1.807) is 24.3 Å². The molecule has 1 aliphatic heterocycles. The smallest absolute Gasteiger partial charge is 0.332 e. The molecule has 8 heteroatoms. The molecule has 1 heterocycles. The van der Waals surface area contributed by atoms with Crippen LogP contribution in [0, 0.1) is 0 Å². The van der Waals surface area contributed by atoms with E-state index in [0.717, 1.165) is 15.7 Å². The third kappa shape index (κ3) is 2.86. The SMILES string of the molecule is O=C1c2ccccc2OS(=O)N1SC(Br)CBr. The van der Waals surface area contributed by atoms with Crippen LogP contribution in [0.2, 0.25) is 0 Å². The Morgan fingerprint density at radius 3 is 2.88 bits per heavy atom. The number of nitrogens with zero attached hydrogens (tertiary/aromatic N) is 1. The van der Waals surface area contributed by atoms with Gasteiger partial charge in [-0.3, -0.25) is 4.79 Å². The van der Waals surface area contributed by atoms with E-state index in [1.165, 1.54) is 0 Å². The number of halogens is 2. The van der Waals surface area contributed by atoms with Gasteiger partial charge in [0, 0.05) is 5.33 Å². The van der Waals surface area contributed by atoms with Gasteiger partial charge in [0.15, 0.2) is 5.75 Å². The van der Waals surface area contributed by atoms with E-state index in [9.17, 15) is 9.00 Å². The summed E-state index contributed by atoms with van der Waals surface area (Å²) in [6.07, 6.45) is 0. The van der Waals surface area contributed by atoms with Crippen molar-refractivity contribution in [2.45, 2.75) is 4.16 Å². The Morgan fingerprint density at radius 1 is 1.47 bits per heavy atom. The minimum absolute atomic E-state index is 0.0516. The van der Waals surface area contributed by atoms with Crippen LogP contribution >= 0.6 is 43.8 Å². The first-order valence-corrected chi connectivity index (χ1v) is 8.44. The molecule has 0 radical (unpaired) electrons. The van der Waals surface area contributed by atoms with Gasteiger partial charge in [0.1, 0.15) is 0 Å². The van der Waals surface area contributed by atoms with Crippen molar-refractivity contribution in [3.05, 3.63) is 29.8 Å². The lowest BCUT2D eigenvalue weighted by Crippen LogP contribution is -2.35. The highest BCUT2D eigenvalue weighted by molar-refractivity contribution is 9.13. The molecule has 17 heavy (non-hydrogen) atoms. The fraction of sp³-hybridized carbons (Fsp3) is 0.222. The number of amides is 1. The van der Waals surface area contributed by atoms with Gasteiger partial charge in [-0.25, -0.2) is 0 Å². The van der Waals surface area contributed by atoms with Crippen LogP contribution in [-0.2, 0) is 11.3 Å². The van der Waals surface area contributed by atoms with Crippen LogP contribution in [0.25, 0.3) is 0 Å². The molecule has 0 N–H and O–H groups in total. The normalized spacial score (nSPS) is 20.7. The number of hydrogen-bond acceptors (Lipinski definition) is 4. The molecule has 0 aliphatic carbocycles. The first-order valence-electron chi connectivity index (χ1n) is 4.54. The van der Waals surface area contributed by atoms with Crippen molar-refractivity contribution in [1.82, 2.24) is 3.71 Å². The highest BCUT2D eigenvalue weighted by Gasteiger charge is 2.33. The van der Waals surface area contributed by atoms with E-state index in [0.29, 0.717) is 16.6 Å². The first-order chi connectivity index (χ1) is 8.13. The van der Waals surface area contributed by atoms with Crippen LogP contribution in [0.1, 0.15) is 10.4 Å². The van der Waals surface area contributed by atoms with Gasteiger partial charge < -0.3 is 4.18 Å². The fourth-order valence-electron chi connectivity index (χ4n) is 1.21. The Balaban J connectivity index is 2.27. The van der Waals surface area contributed by atoms with Crippen molar-refractivity contribution in [3.63, 3.8) is 0 Å². The van der Waals surface area contributed by atoms with Crippen LogP contribution in [0.4, 0.5) is 0 Å². The minimum Gasteiger partial charge on any atom is -0.383 e. The molecule has 92 valence electrons. The Hall–Kier alpha value is -0.0500. The van der Waals surface area contributed by atoms with Gasteiger partial charge in [0.25, 0.3) is 5.91 Å². The van der Waals surface area contributed by atoms with Crippen molar-refractivity contribution < 1.29 is 13.2 Å². The number of hydrogen-bond donors (Lipinski definition) is 0. The van der Waals surface area contributed by atoms with Gasteiger partial charge in [-0.05, 0) is 24.1 Å². The second-order valence-electron chi connectivity index (χ2n) is 3.03. The van der Waals surface area contributed by atoms with Crippen LogP contribution in [-0.4, -0.2) is 23.3 Å². The van der Waals surface area contributed by atoms with Crippen molar-refractivity contribution in [1.29, 1.82) is 0 Å². The Kier molecular flexibility index (Phi) is 4.51. The molecule has 0 spiro atoms. The third-order valence-corrected chi connectivity index (χ3v) is 6.82. The number of para-hydroxylation sites is 1.